The largest absolute Gasteiger partial charge is 0.336 e. The summed E-state index contributed by atoms with van der Waals surface area (Å²) >= 11 is 0. The molecule has 27 heavy (non-hydrogen) atoms. The number of nitrogens with zero attached hydrogens (tertiary/aromatic N) is 4. The van der Waals surface area contributed by atoms with Crippen molar-refractivity contribution in [2.75, 3.05) is 26.2 Å². The zero-order valence-corrected chi connectivity index (χ0v) is 15.3. The molecule has 0 unspecified atom stereocenters. The van der Waals surface area contributed by atoms with E-state index in [1.807, 2.05) is 0 Å². The Balaban J connectivity index is 1.47. The van der Waals surface area contributed by atoms with E-state index in [4.69, 9.17) is 0 Å². The van der Waals surface area contributed by atoms with E-state index >= 15 is 0 Å². The molecule has 0 saturated carbocycles. The number of fused-ring (bicyclic) bond motifs is 1. The minimum absolute atomic E-state index is 0.126. The van der Waals surface area contributed by atoms with Crippen LogP contribution < -0.4 is 0 Å². The van der Waals surface area contributed by atoms with Gasteiger partial charge in [0.25, 0.3) is 5.91 Å². The number of carbonyl (C=O) groups excluding carboxylic acids is 1. The summed E-state index contributed by atoms with van der Waals surface area (Å²) in [6.07, 6.45) is 3.19. The molecule has 2 aromatic carbocycles. The summed E-state index contributed by atoms with van der Waals surface area (Å²) in [7, 11) is -3.53. The third-order valence-electron chi connectivity index (χ3n) is 4.62. The normalized spacial score (nSPS) is 15.8. The average Bonchev–Trinajstić information content (AvgIpc) is 2.73. The number of carbonyl (C=O) groups is 1. The summed E-state index contributed by atoms with van der Waals surface area (Å²) < 4.78 is 26.8. The quantitative estimate of drug-likeness (QED) is 0.689. The van der Waals surface area contributed by atoms with Gasteiger partial charge in [0, 0.05) is 44.1 Å². The third kappa shape index (κ3) is 3.41. The van der Waals surface area contributed by atoms with Gasteiger partial charge in [0.2, 0.25) is 10.0 Å². The van der Waals surface area contributed by atoms with E-state index in [0.717, 1.165) is 5.52 Å². The standard InChI is InChI=1S/C19H18N4O3S/c24-19(15-6-7-17-18(14-15)21-9-8-20-17)22-10-12-23(13-11-22)27(25,26)16-4-2-1-3-5-16/h1-9,14H,10-13H2. The number of hydrogen-bond donors (Lipinski definition) is 0. The minimum Gasteiger partial charge on any atom is -0.336 e. The van der Waals surface area contributed by atoms with Crippen molar-refractivity contribution < 1.29 is 13.2 Å². The third-order valence-corrected chi connectivity index (χ3v) is 6.54. The Morgan fingerprint density at radius 2 is 1.52 bits per heavy atom. The summed E-state index contributed by atoms with van der Waals surface area (Å²) in [6, 6.07) is 13.6. The van der Waals surface area contributed by atoms with Crippen LogP contribution in [-0.2, 0) is 10.0 Å². The van der Waals surface area contributed by atoms with Crippen molar-refractivity contribution >= 4 is 27.0 Å². The highest BCUT2D eigenvalue weighted by Gasteiger charge is 2.30. The van der Waals surface area contributed by atoms with Crippen molar-refractivity contribution in [1.29, 1.82) is 0 Å². The van der Waals surface area contributed by atoms with E-state index in [1.54, 1.807) is 65.8 Å². The fourth-order valence-electron chi connectivity index (χ4n) is 3.15. The first-order chi connectivity index (χ1) is 13.1. The van der Waals surface area contributed by atoms with Crippen LogP contribution in [-0.4, -0.2) is 59.7 Å². The van der Waals surface area contributed by atoms with Crippen LogP contribution >= 0.6 is 0 Å². The fraction of sp³-hybridized carbons (Fsp3) is 0.211. The second kappa shape index (κ2) is 7.05. The predicted molar refractivity (Wildman–Crippen MR) is 101 cm³/mol. The highest BCUT2D eigenvalue weighted by atomic mass is 32.2. The molecule has 3 aromatic rings. The molecule has 8 heteroatoms. The molecule has 1 aliphatic rings. The molecule has 0 spiro atoms. The second-order valence-electron chi connectivity index (χ2n) is 6.27. The molecule has 0 aliphatic carbocycles. The maximum atomic E-state index is 12.8. The Kier molecular flexibility index (Phi) is 4.59. The van der Waals surface area contributed by atoms with Gasteiger partial charge in [-0.25, -0.2) is 8.42 Å². The SMILES string of the molecule is O=C(c1ccc2nccnc2c1)N1CCN(S(=O)(=O)c2ccccc2)CC1. The van der Waals surface area contributed by atoms with E-state index in [0.29, 0.717) is 24.2 Å². The number of hydrogen-bond acceptors (Lipinski definition) is 5. The van der Waals surface area contributed by atoms with Gasteiger partial charge in [-0.05, 0) is 30.3 Å². The minimum atomic E-state index is -3.53. The smallest absolute Gasteiger partial charge is 0.254 e. The van der Waals surface area contributed by atoms with Gasteiger partial charge >= 0.3 is 0 Å². The number of sulfonamides is 1. The number of aromatic nitrogens is 2. The van der Waals surface area contributed by atoms with E-state index < -0.39 is 10.0 Å². The van der Waals surface area contributed by atoms with Crippen molar-refractivity contribution in [1.82, 2.24) is 19.2 Å². The molecule has 1 aliphatic heterocycles. The van der Waals surface area contributed by atoms with Crippen molar-refractivity contribution in [3.63, 3.8) is 0 Å². The van der Waals surface area contributed by atoms with Crippen molar-refractivity contribution in [3.8, 4) is 0 Å². The van der Waals surface area contributed by atoms with E-state index in [1.165, 1.54) is 4.31 Å². The zero-order chi connectivity index (χ0) is 18.9. The number of amides is 1. The average molecular weight is 382 g/mol. The Morgan fingerprint density at radius 3 is 2.22 bits per heavy atom. The summed E-state index contributed by atoms with van der Waals surface area (Å²) in [5.41, 5.74) is 1.92. The Labute approximate surface area is 157 Å². The van der Waals surface area contributed by atoms with Crippen LogP contribution in [0.25, 0.3) is 11.0 Å². The van der Waals surface area contributed by atoms with Crippen LogP contribution in [0.15, 0.2) is 65.8 Å². The lowest BCUT2D eigenvalue weighted by molar-refractivity contribution is 0.0698. The first kappa shape index (κ1) is 17.6. The second-order valence-corrected chi connectivity index (χ2v) is 8.21. The van der Waals surface area contributed by atoms with Crippen molar-refractivity contribution in [3.05, 3.63) is 66.5 Å². The summed E-state index contributed by atoms with van der Waals surface area (Å²) in [6.45, 7) is 1.25. The molecule has 1 saturated heterocycles. The molecule has 138 valence electrons. The molecule has 1 aromatic heterocycles. The zero-order valence-electron chi connectivity index (χ0n) is 14.5. The van der Waals surface area contributed by atoms with Gasteiger partial charge in [-0.2, -0.15) is 4.31 Å². The monoisotopic (exact) mass is 382 g/mol. The molecule has 1 fully saturated rings. The molecule has 0 radical (unpaired) electrons. The molecule has 2 heterocycles. The molecular weight excluding hydrogens is 364 g/mol. The molecule has 1 amide bonds. The lowest BCUT2D eigenvalue weighted by Gasteiger charge is -2.34. The number of benzene rings is 2. The van der Waals surface area contributed by atoms with Crippen LogP contribution in [0, 0.1) is 0 Å². The summed E-state index contributed by atoms with van der Waals surface area (Å²) in [5, 5.41) is 0. The van der Waals surface area contributed by atoms with Gasteiger partial charge in [-0.15, -0.1) is 0 Å². The van der Waals surface area contributed by atoms with Crippen LogP contribution in [0.4, 0.5) is 0 Å². The van der Waals surface area contributed by atoms with Crippen LogP contribution in [0.3, 0.4) is 0 Å². The lowest BCUT2D eigenvalue weighted by atomic mass is 10.1. The van der Waals surface area contributed by atoms with Crippen molar-refractivity contribution in [2.45, 2.75) is 4.90 Å². The Hall–Kier alpha value is -2.84. The van der Waals surface area contributed by atoms with E-state index in [-0.39, 0.29) is 23.9 Å². The highest BCUT2D eigenvalue weighted by molar-refractivity contribution is 7.89. The highest BCUT2D eigenvalue weighted by Crippen LogP contribution is 2.19. The van der Waals surface area contributed by atoms with Gasteiger partial charge in [-0.1, -0.05) is 18.2 Å². The topological polar surface area (TPSA) is 83.5 Å². The molecular formula is C19H18N4O3S. The van der Waals surface area contributed by atoms with E-state index in [9.17, 15) is 13.2 Å². The molecule has 7 nitrogen and oxygen atoms in total. The Bertz CT molecular complexity index is 1080. The molecule has 0 atom stereocenters. The van der Waals surface area contributed by atoms with Gasteiger partial charge in [0.05, 0.1) is 15.9 Å². The lowest BCUT2D eigenvalue weighted by Crippen LogP contribution is -2.50. The summed E-state index contributed by atoms with van der Waals surface area (Å²) in [5.74, 6) is -0.126. The van der Waals surface area contributed by atoms with Crippen LogP contribution in [0.2, 0.25) is 0 Å². The van der Waals surface area contributed by atoms with Gasteiger partial charge in [-0.3, -0.25) is 14.8 Å². The summed E-state index contributed by atoms with van der Waals surface area (Å²) in [4.78, 5) is 23.2. The van der Waals surface area contributed by atoms with Gasteiger partial charge in [0.15, 0.2) is 0 Å². The van der Waals surface area contributed by atoms with Crippen molar-refractivity contribution in [2.24, 2.45) is 0 Å². The van der Waals surface area contributed by atoms with Crippen LogP contribution in [0.5, 0.6) is 0 Å². The molecule has 0 N–H and O–H groups in total. The first-order valence-electron chi connectivity index (χ1n) is 8.61. The maximum Gasteiger partial charge on any atom is 0.254 e. The van der Waals surface area contributed by atoms with E-state index in [2.05, 4.69) is 9.97 Å². The van der Waals surface area contributed by atoms with Crippen LogP contribution in [0.1, 0.15) is 10.4 Å². The van der Waals surface area contributed by atoms with Gasteiger partial charge < -0.3 is 4.90 Å². The van der Waals surface area contributed by atoms with Gasteiger partial charge in [0.1, 0.15) is 0 Å². The first-order valence-corrected chi connectivity index (χ1v) is 10.0. The number of piperazine rings is 1. The Morgan fingerprint density at radius 1 is 0.852 bits per heavy atom. The fourth-order valence-corrected chi connectivity index (χ4v) is 4.60. The number of rotatable bonds is 3. The maximum absolute atomic E-state index is 12.8. The predicted octanol–water partition coefficient (Wildman–Crippen LogP) is 1.78. The molecule has 0 bridgehead atoms. The molecule has 4 rings (SSSR count).